The van der Waals surface area contributed by atoms with Crippen LogP contribution in [0.5, 0.6) is 0 Å². The fourth-order valence-electron chi connectivity index (χ4n) is 4.36. The summed E-state index contributed by atoms with van der Waals surface area (Å²) in [5, 5.41) is 21.5. The molecule has 0 saturated heterocycles. The minimum absolute atomic E-state index is 0.0490. The first-order valence-corrected chi connectivity index (χ1v) is 9.46. The summed E-state index contributed by atoms with van der Waals surface area (Å²) in [6.45, 7) is 4.14. The van der Waals surface area contributed by atoms with E-state index in [0.29, 0.717) is 11.1 Å². The molecule has 1 atom stereocenters. The van der Waals surface area contributed by atoms with Gasteiger partial charge in [0.2, 0.25) is 0 Å². The Labute approximate surface area is 168 Å². The van der Waals surface area contributed by atoms with Crippen molar-refractivity contribution in [3.8, 4) is 12.1 Å². The van der Waals surface area contributed by atoms with Gasteiger partial charge < -0.3 is 14.2 Å². The molecule has 29 heavy (non-hydrogen) atoms. The third kappa shape index (κ3) is 2.25. The number of rotatable bonds is 1. The van der Waals surface area contributed by atoms with Gasteiger partial charge in [-0.3, -0.25) is 0 Å². The number of furan rings is 1. The number of hydrogen-bond donors (Lipinski definition) is 0. The Morgan fingerprint density at radius 2 is 1.59 bits per heavy atom. The van der Waals surface area contributed by atoms with Gasteiger partial charge in [-0.25, -0.2) is 0 Å². The fraction of sp³-hybridized carbons (Fsp3) is 0.167. The van der Waals surface area contributed by atoms with Crippen molar-refractivity contribution in [1.82, 2.24) is 0 Å². The van der Waals surface area contributed by atoms with Crippen molar-refractivity contribution >= 4 is 39.0 Å². The Hall–Kier alpha value is -3.96. The van der Waals surface area contributed by atoms with Crippen LogP contribution in [0.2, 0.25) is 0 Å². The Bertz CT molecular complexity index is 1390. The predicted octanol–water partition coefficient (Wildman–Crippen LogP) is 5.57. The van der Waals surface area contributed by atoms with Crippen LogP contribution in [-0.4, -0.2) is 13.2 Å². The maximum atomic E-state index is 9.74. The third-order valence-electron chi connectivity index (χ3n) is 5.87. The number of nitriles is 2. The van der Waals surface area contributed by atoms with Gasteiger partial charge in [0.05, 0.1) is 22.5 Å². The number of benzene rings is 3. The van der Waals surface area contributed by atoms with Crippen LogP contribution in [0, 0.1) is 29.6 Å². The molecule has 1 aliphatic rings. The van der Waals surface area contributed by atoms with Gasteiger partial charge >= 0.3 is 0 Å². The van der Waals surface area contributed by atoms with Crippen molar-refractivity contribution in [3.63, 3.8) is 0 Å². The maximum absolute atomic E-state index is 9.74. The van der Waals surface area contributed by atoms with Crippen LogP contribution < -0.4 is 9.80 Å². The zero-order chi connectivity index (χ0) is 20.3. The van der Waals surface area contributed by atoms with Crippen LogP contribution in [0.25, 0.3) is 21.9 Å². The molecule has 0 N–H and O–H groups in total. The molecule has 0 bridgehead atoms. The minimum Gasteiger partial charge on any atom is -0.456 e. The molecule has 0 fully saturated rings. The molecule has 5 nitrogen and oxygen atoms in total. The van der Waals surface area contributed by atoms with E-state index in [-0.39, 0.29) is 6.17 Å². The molecule has 1 aliphatic heterocycles. The van der Waals surface area contributed by atoms with E-state index < -0.39 is 0 Å². The van der Waals surface area contributed by atoms with Crippen LogP contribution in [-0.2, 0) is 0 Å². The highest BCUT2D eigenvalue weighted by Gasteiger charge is 2.36. The standard InChI is InChI=1S/C24H18N4O/c1-14-10-19-18-6-4-5-7-21(18)29-22(19)11-20(14)28-15(2)27(3)23-16(12-25)8-9-17(13-26)24(23)28/h4-11,15H,1-3H3/t15-/m0/s1. The summed E-state index contributed by atoms with van der Waals surface area (Å²) < 4.78 is 6.10. The molecule has 2 heterocycles. The van der Waals surface area contributed by atoms with E-state index in [1.54, 1.807) is 12.1 Å². The van der Waals surface area contributed by atoms with Gasteiger partial charge in [-0.2, -0.15) is 10.5 Å². The van der Waals surface area contributed by atoms with Crippen molar-refractivity contribution in [2.45, 2.75) is 20.0 Å². The van der Waals surface area contributed by atoms with Crippen molar-refractivity contribution in [1.29, 1.82) is 10.5 Å². The Balaban J connectivity index is 1.80. The summed E-state index contributed by atoms with van der Waals surface area (Å²) in [7, 11) is 1.96. The molecule has 3 aromatic carbocycles. The zero-order valence-electron chi connectivity index (χ0n) is 16.4. The first kappa shape index (κ1) is 17.2. The molecule has 5 heteroatoms. The van der Waals surface area contributed by atoms with E-state index in [4.69, 9.17) is 4.42 Å². The highest BCUT2D eigenvalue weighted by molar-refractivity contribution is 6.07. The number of anilines is 3. The summed E-state index contributed by atoms with van der Waals surface area (Å²) in [5.74, 6) is 0. The predicted molar refractivity (Wildman–Crippen MR) is 114 cm³/mol. The second-order valence-electron chi connectivity index (χ2n) is 7.43. The molecule has 0 spiro atoms. The lowest BCUT2D eigenvalue weighted by atomic mass is 10.0. The van der Waals surface area contributed by atoms with Crippen LogP contribution in [0.1, 0.15) is 23.6 Å². The number of hydrogen-bond acceptors (Lipinski definition) is 5. The van der Waals surface area contributed by atoms with E-state index in [2.05, 4.69) is 47.9 Å². The molecule has 0 saturated carbocycles. The highest BCUT2D eigenvalue weighted by Crippen LogP contribution is 2.48. The zero-order valence-corrected chi connectivity index (χ0v) is 16.4. The van der Waals surface area contributed by atoms with Crippen LogP contribution >= 0.6 is 0 Å². The van der Waals surface area contributed by atoms with E-state index >= 15 is 0 Å². The molecule has 0 unspecified atom stereocenters. The summed E-state index contributed by atoms with van der Waals surface area (Å²) >= 11 is 0. The van der Waals surface area contributed by atoms with Gasteiger partial charge in [0.25, 0.3) is 0 Å². The fourth-order valence-corrected chi connectivity index (χ4v) is 4.36. The molecule has 4 aromatic rings. The molecule has 0 aliphatic carbocycles. The topological polar surface area (TPSA) is 67.2 Å². The number of fused-ring (bicyclic) bond motifs is 4. The third-order valence-corrected chi connectivity index (χ3v) is 5.87. The lowest BCUT2D eigenvalue weighted by Crippen LogP contribution is -2.36. The quantitative estimate of drug-likeness (QED) is 0.433. The Morgan fingerprint density at radius 3 is 2.31 bits per heavy atom. The Morgan fingerprint density at radius 1 is 0.897 bits per heavy atom. The van der Waals surface area contributed by atoms with Crippen LogP contribution in [0.15, 0.2) is 52.9 Å². The summed E-state index contributed by atoms with van der Waals surface area (Å²) in [6.07, 6.45) is -0.0490. The van der Waals surface area contributed by atoms with Crippen molar-refractivity contribution in [2.75, 3.05) is 16.8 Å². The van der Waals surface area contributed by atoms with E-state index in [9.17, 15) is 10.5 Å². The largest absolute Gasteiger partial charge is 0.456 e. The van der Waals surface area contributed by atoms with Gasteiger partial charge in [0, 0.05) is 29.6 Å². The van der Waals surface area contributed by atoms with Crippen LogP contribution in [0.3, 0.4) is 0 Å². The highest BCUT2D eigenvalue weighted by atomic mass is 16.3. The lowest BCUT2D eigenvalue weighted by molar-refractivity contribution is 0.668. The first-order valence-electron chi connectivity index (χ1n) is 9.46. The summed E-state index contributed by atoms with van der Waals surface area (Å²) in [5.41, 5.74) is 6.42. The molecular formula is C24H18N4O. The molecule has 0 amide bonds. The second-order valence-corrected chi connectivity index (χ2v) is 7.43. The van der Waals surface area contributed by atoms with Crippen LogP contribution in [0.4, 0.5) is 17.1 Å². The van der Waals surface area contributed by atoms with Crippen molar-refractivity contribution in [3.05, 3.63) is 65.2 Å². The van der Waals surface area contributed by atoms with Crippen molar-refractivity contribution in [2.24, 2.45) is 0 Å². The van der Waals surface area contributed by atoms with E-state index in [0.717, 1.165) is 44.6 Å². The average molecular weight is 378 g/mol. The van der Waals surface area contributed by atoms with Gasteiger partial charge in [-0.05, 0) is 43.7 Å². The molecule has 5 rings (SSSR count). The van der Waals surface area contributed by atoms with Gasteiger partial charge in [0.15, 0.2) is 0 Å². The molecular weight excluding hydrogens is 360 g/mol. The van der Waals surface area contributed by atoms with Crippen molar-refractivity contribution < 1.29 is 4.42 Å². The number of nitrogens with zero attached hydrogens (tertiary/aromatic N) is 4. The van der Waals surface area contributed by atoms with E-state index in [1.165, 1.54) is 0 Å². The second kappa shape index (κ2) is 6.02. The molecule has 1 aromatic heterocycles. The SMILES string of the molecule is Cc1cc2c(cc1N1c3c(C#N)ccc(C#N)c3N(C)[C@@H]1C)oc1ccccc12. The Kier molecular flexibility index (Phi) is 3.56. The van der Waals surface area contributed by atoms with Gasteiger partial charge in [0.1, 0.15) is 29.5 Å². The average Bonchev–Trinajstić information content (AvgIpc) is 3.22. The first-order chi connectivity index (χ1) is 14.0. The molecule has 0 radical (unpaired) electrons. The summed E-state index contributed by atoms with van der Waals surface area (Å²) in [6, 6.07) is 20.2. The van der Waals surface area contributed by atoms with E-state index in [1.807, 2.05) is 31.3 Å². The summed E-state index contributed by atoms with van der Waals surface area (Å²) in [4.78, 5) is 4.19. The van der Waals surface area contributed by atoms with Gasteiger partial charge in [-0.15, -0.1) is 0 Å². The number of para-hydroxylation sites is 1. The normalized spacial score (nSPS) is 15.6. The minimum atomic E-state index is -0.0490. The number of aryl methyl sites for hydroxylation is 1. The maximum Gasteiger partial charge on any atom is 0.137 e. The van der Waals surface area contributed by atoms with Gasteiger partial charge in [-0.1, -0.05) is 18.2 Å². The lowest BCUT2D eigenvalue weighted by Gasteiger charge is -2.29. The molecule has 140 valence electrons. The smallest absolute Gasteiger partial charge is 0.137 e. The monoisotopic (exact) mass is 378 g/mol.